The first-order chi connectivity index (χ1) is 13.7. The van der Waals surface area contributed by atoms with Gasteiger partial charge in [0.2, 0.25) is 5.72 Å². The number of nitrogens with zero attached hydrogens (tertiary/aromatic N) is 2. The fraction of sp³-hybridized carbons (Fsp3) is 0.320. The Balaban J connectivity index is 1.65. The van der Waals surface area contributed by atoms with Crippen molar-refractivity contribution in [2.45, 2.75) is 44.2 Å². The maximum absolute atomic E-state index is 7.04. The normalized spacial score (nSPS) is 27.4. The van der Waals surface area contributed by atoms with Gasteiger partial charge >= 0.3 is 0 Å². The molecule has 2 atom stereocenters. The molecule has 28 heavy (non-hydrogen) atoms. The highest BCUT2D eigenvalue weighted by atomic mass is 16.5. The molecular formula is C25H24N2O. The van der Waals surface area contributed by atoms with Gasteiger partial charge in [0.25, 0.3) is 0 Å². The van der Waals surface area contributed by atoms with Crippen molar-refractivity contribution in [1.29, 1.82) is 0 Å². The van der Waals surface area contributed by atoms with E-state index >= 15 is 0 Å². The van der Waals surface area contributed by atoms with Crippen molar-refractivity contribution in [1.82, 2.24) is 0 Å². The van der Waals surface area contributed by atoms with Gasteiger partial charge in [-0.1, -0.05) is 48.5 Å². The van der Waals surface area contributed by atoms with Gasteiger partial charge in [-0.25, -0.2) is 4.99 Å². The molecule has 3 aliphatic rings. The molecule has 2 unspecified atom stereocenters. The first kappa shape index (κ1) is 16.2. The minimum Gasteiger partial charge on any atom is -0.459 e. The number of para-hydroxylation sites is 1. The fourth-order valence-corrected chi connectivity index (χ4v) is 5.86. The van der Waals surface area contributed by atoms with Gasteiger partial charge in [-0.15, -0.1) is 0 Å². The number of anilines is 1. The van der Waals surface area contributed by atoms with E-state index in [-0.39, 0.29) is 5.41 Å². The summed E-state index contributed by atoms with van der Waals surface area (Å²) in [5.41, 5.74) is 4.26. The van der Waals surface area contributed by atoms with Gasteiger partial charge in [0.1, 0.15) is 11.4 Å². The lowest BCUT2D eigenvalue weighted by Crippen LogP contribution is -2.68. The van der Waals surface area contributed by atoms with E-state index in [2.05, 4.69) is 79.4 Å². The average molecular weight is 368 g/mol. The Kier molecular flexibility index (Phi) is 3.11. The average Bonchev–Trinajstić information content (AvgIpc) is 2.95. The van der Waals surface area contributed by atoms with Gasteiger partial charge in [0.15, 0.2) is 0 Å². The lowest BCUT2D eigenvalue weighted by atomic mass is 9.65. The highest BCUT2D eigenvalue weighted by molar-refractivity contribution is 6.07. The van der Waals surface area contributed by atoms with E-state index in [0.29, 0.717) is 0 Å². The van der Waals surface area contributed by atoms with E-state index in [1.165, 1.54) is 27.7 Å². The van der Waals surface area contributed by atoms with Crippen molar-refractivity contribution in [3.05, 3.63) is 66.2 Å². The number of hydrogen-bond donors (Lipinski definition) is 0. The molecule has 0 N–H and O–H groups in total. The van der Waals surface area contributed by atoms with E-state index in [1.54, 1.807) is 0 Å². The number of fused-ring (bicyclic) bond motifs is 5. The molecule has 3 aromatic rings. The highest BCUT2D eigenvalue weighted by Gasteiger charge is 2.66. The van der Waals surface area contributed by atoms with Crippen LogP contribution in [0.1, 0.15) is 38.7 Å². The molecule has 0 radical (unpaired) electrons. The summed E-state index contributed by atoms with van der Waals surface area (Å²) in [5.74, 6) is 0.904. The van der Waals surface area contributed by atoms with Crippen LogP contribution in [0.4, 0.5) is 11.4 Å². The third-order valence-corrected chi connectivity index (χ3v) is 7.08. The third-order valence-electron chi connectivity index (χ3n) is 7.08. The van der Waals surface area contributed by atoms with E-state index in [9.17, 15) is 0 Å². The smallest absolute Gasteiger partial charge is 0.232 e. The maximum atomic E-state index is 7.04. The summed E-state index contributed by atoms with van der Waals surface area (Å²) in [6.07, 6.45) is 3.25. The second kappa shape index (κ2) is 5.38. The fourth-order valence-electron chi connectivity index (χ4n) is 5.86. The van der Waals surface area contributed by atoms with E-state index < -0.39 is 5.72 Å². The Bertz CT molecular complexity index is 1150. The SMILES string of the molecule is CCN1c2ccccc2C2(C)CCCC3=Nc4c(ccc5ccccc45)OC312. The maximum Gasteiger partial charge on any atom is 0.232 e. The minimum absolute atomic E-state index is 0.0972. The predicted molar refractivity (Wildman–Crippen MR) is 115 cm³/mol. The molecule has 3 aromatic carbocycles. The zero-order chi connectivity index (χ0) is 18.9. The number of hydrogen-bond acceptors (Lipinski definition) is 3. The van der Waals surface area contributed by atoms with Crippen LogP contribution in [0.3, 0.4) is 0 Å². The highest BCUT2D eigenvalue weighted by Crippen LogP contribution is 2.60. The van der Waals surface area contributed by atoms with Crippen molar-refractivity contribution >= 4 is 27.9 Å². The predicted octanol–water partition coefficient (Wildman–Crippen LogP) is 5.98. The molecule has 6 rings (SSSR count). The van der Waals surface area contributed by atoms with Gasteiger partial charge in [0.05, 0.1) is 11.1 Å². The van der Waals surface area contributed by atoms with Crippen LogP contribution in [0, 0.1) is 0 Å². The summed E-state index contributed by atoms with van der Waals surface area (Å²) < 4.78 is 7.04. The lowest BCUT2D eigenvalue weighted by molar-refractivity contribution is 0.0469. The van der Waals surface area contributed by atoms with Crippen molar-refractivity contribution in [3.8, 4) is 5.75 Å². The van der Waals surface area contributed by atoms with Gasteiger partial charge in [-0.3, -0.25) is 0 Å². The molecular weight excluding hydrogens is 344 g/mol. The molecule has 0 saturated heterocycles. The number of rotatable bonds is 1. The summed E-state index contributed by atoms with van der Waals surface area (Å²) in [5, 5.41) is 2.39. The van der Waals surface area contributed by atoms with Gasteiger partial charge in [0, 0.05) is 17.6 Å². The molecule has 0 amide bonds. The Morgan fingerprint density at radius 3 is 2.75 bits per heavy atom. The van der Waals surface area contributed by atoms with Crippen LogP contribution >= 0.6 is 0 Å². The molecule has 0 bridgehead atoms. The van der Waals surface area contributed by atoms with Gasteiger partial charge in [-0.2, -0.15) is 0 Å². The van der Waals surface area contributed by atoms with Crippen LogP contribution in [-0.2, 0) is 5.41 Å². The van der Waals surface area contributed by atoms with Crippen LogP contribution in [-0.4, -0.2) is 18.0 Å². The number of likely N-dealkylation sites (N-methyl/N-ethyl adjacent to an activating group) is 1. The van der Waals surface area contributed by atoms with Gasteiger partial charge in [-0.05, 0) is 56.2 Å². The quantitative estimate of drug-likeness (QED) is 0.527. The summed E-state index contributed by atoms with van der Waals surface area (Å²) in [4.78, 5) is 7.76. The molecule has 1 aliphatic carbocycles. The summed E-state index contributed by atoms with van der Waals surface area (Å²) in [7, 11) is 0. The van der Waals surface area contributed by atoms with Crippen LogP contribution < -0.4 is 9.64 Å². The van der Waals surface area contributed by atoms with E-state index in [1.807, 2.05) is 0 Å². The zero-order valence-electron chi connectivity index (χ0n) is 16.4. The Morgan fingerprint density at radius 2 is 1.86 bits per heavy atom. The lowest BCUT2D eigenvalue weighted by Gasteiger charge is -2.53. The molecule has 140 valence electrons. The Morgan fingerprint density at radius 1 is 1.04 bits per heavy atom. The van der Waals surface area contributed by atoms with Crippen molar-refractivity contribution in [3.63, 3.8) is 0 Å². The zero-order valence-corrected chi connectivity index (χ0v) is 16.4. The molecule has 3 nitrogen and oxygen atoms in total. The summed E-state index contributed by atoms with van der Waals surface area (Å²) >= 11 is 0. The monoisotopic (exact) mass is 368 g/mol. The number of ether oxygens (including phenoxy) is 1. The Labute approximate surface area is 165 Å². The first-order valence-electron chi connectivity index (χ1n) is 10.3. The second-order valence-corrected chi connectivity index (χ2v) is 8.39. The minimum atomic E-state index is -0.515. The van der Waals surface area contributed by atoms with Crippen LogP contribution in [0.25, 0.3) is 10.8 Å². The van der Waals surface area contributed by atoms with Crippen LogP contribution in [0.15, 0.2) is 65.7 Å². The largest absolute Gasteiger partial charge is 0.459 e. The topological polar surface area (TPSA) is 24.8 Å². The summed E-state index contributed by atoms with van der Waals surface area (Å²) in [6, 6.07) is 21.6. The number of aliphatic imine (C=N–C) groups is 1. The third kappa shape index (κ3) is 1.73. The molecule has 1 saturated carbocycles. The standard InChI is InChI=1S/C25H24N2O/c1-3-27-20-12-7-6-11-19(20)24(2)16-8-13-22-25(24,27)28-21-15-14-17-9-4-5-10-18(17)23(21)26-22/h4-7,9-12,14-15H,3,8,13,16H2,1-2H3. The van der Waals surface area contributed by atoms with Crippen molar-refractivity contribution in [2.75, 3.05) is 11.4 Å². The molecule has 1 fully saturated rings. The molecule has 3 heteroatoms. The van der Waals surface area contributed by atoms with Crippen molar-refractivity contribution in [2.24, 2.45) is 4.99 Å². The van der Waals surface area contributed by atoms with Crippen LogP contribution in [0.2, 0.25) is 0 Å². The Hall–Kier alpha value is -2.81. The molecule has 2 aliphatic heterocycles. The van der Waals surface area contributed by atoms with E-state index in [4.69, 9.17) is 9.73 Å². The molecule has 2 heterocycles. The van der Waals surface area contributed by atoms with Gasteiger partial charge < -0.3 is 9.64 Å². The summed E-state index contributed by atoms with van der Waals surface area (Å²) in [6.45, 7) is 5.50. The number of benzene rings is 3. The second-order valence-electron chi connectivity index (χ2n) is 8.39. The van der Waals surface area contributed by atoms with Crippen LogP contribution in [0.5, 0.6) is 5.75 Å². The molecule has 0 aromatic heterocycles. The molecule has 1 spiro atoms. The van der Waals surface area contributed by atoms with Crippen molar-refractivity contribution < 1.29 is 4.74 Å². The van der Waals surface area contributed by atoms with E-state index in [0.717, 1.165) is 37.2 Å². The first-order valence-corrected chi connectivity index (χ1v) is 10.3.